The third-order valence-corrected chi connectivity index (χ3v) is 6.79. The molecule has 0 spiro atoms. The van der Waals surface area contributed by atoms with Crippen LogP contribution >= 0.6 is 11.6 Å². The van der Waals surface area contributed by atoms with Crippen molar-refractivity contribution in [1.29, 1.82) is 0 Å². The van der Waals surface area contributed by atoms with Crippen molar-refractivity contribution in [3.63, 3.8) is 0 Å². The molecular weight excluding hydrogens is 446 g/mol. The molecule has 6 heteroatoms. The third-order valence-electron chi connectivity index (χ3n) is 6.55. The summed E-state index contributed by atoms with van der Waals surface area (Å²) in [6.45, 7) is 4.45. The third kappa shape index (κ3) is 4.81. The second kappa shape index (κ2) is 9.92. The van der Waals surface area contributed by atoms with Crippen LogP contribution in [0, 0.1) is 0 Å². The van der Waals surface area contributed by atoms with Crippen LogP contribution < -0.4 is 4.90 Å². The normalized spacial score (nSPS) is 16.3. The van der Waals surface area contributed by atoms with E-state index in [2.05, 4.69) is 46.2 Å². The van der Waals surface area contributed by atoms with Crippen molar-refractivity contribution < 1.29 is 9.90 Å². The highest BCUT2D eigenvalue weighted by Gasteiger charge is 2.22. The summed E-state index contributed by atoms with van der Waals surface area (Å²) in [4.78, 5) is 19.7. The number of aromatic hydroxyl groups is 1. The van der Waals surface area contributed by atoms with E-state index in [9.17, 15) is 9.90 Å². The van der Waals surface area contributed by atoms with Crippen LogP contribution in [0.15, 0.2) is 72.8 Å². The molecule has 0 aromatic heterocycles. The summed E-state index contributed by atoms with van der Waals surface area (Å²) >= 11 is 6.10. The number of hydrogen-bond acceptors (Lipinski definition) is 4. The lowest BCUT2D eigenvalue weighted by Gasteiger charge is -2.28. The molecule has 1 saturated heterocycles. The van der Waals surface area contributed by atoms with Gasteiger partial charge in [-0.2, -0.15) is 0 Å². The molecule has 0 bridgehead atoms. The Labute approximate surface area is 205 Å². The molecule has 0 aliphatic carbocycles. The Bertz CT molecular complexity index is 1210. The number of phenolic OH excluding ortho intramolecular Hbond substituents is 1. The Kier molecular flexibility index (Phi) is 6.57. The van der Waals surface area contributed by atoms with Crippen LogP contribution in [-0.2, 0) is 6.54 Å². The van der Waals surface area contributed by atoms with Gasteiger partial charge >= 0.3 is 0 Å². The Morgan fingerprint density at radius 1 is 0.941 bits per heavy atom. The summed E-state index contributed by atoms with van der Waals surface area (Å²) in [6.07, 6.45) is 5.20. The summed E-state index contributed by atoms with van der Waals surface area (Å²) in [5.74, 6) is 0.325. The summed E-state index contributed by atoms with van der Waals surface area (Å²) in [5.41, 5.74) is 5.00. The van der Waals surface area contributed by atoms with Crippen LogP contribution in [-0.4, -0.2) is 53.5 Å². The molecule has 0 radical (unpaired) electrons. The second-order valence-corrected chi connectivity index (χ2v) is 9.25. The highest BCUT2D eigenvalue weighted by atomic mass is 35.5. The van der Waals surface area contributed by atoms with Crippen LogP contribution in [0.5, 0.6) is 5.75 Å². The molecule has 0 unspecified atom stereocenters. The number of rotatable bonds is 4. The highest BCUT2D eigenvalue weighted by Crippen LogP contribution is 2.32. The molecule has 2 aliphatic heterocycles. The van der Waals surface area contributed by atoms with E-state index in [1.54, 1.807) is 12.1 Å². The maximum Gasteiger partial charge on any atom is 0.253 e. The van der Waals surface area contributed by atoms with E-state index in [0.29, 0.717) is 23.7 Å². The first-order chi connectivity index (χ1) is 16.6. The molecule has 1 N–H and O–H groups in total. The van der Waals surface area contributed by atoms with Gasteiger partial charge in [-0.3, -0.25) is 9.69 Å². The fourth-order valence-electron chi connectivity index (χ4n) is 4.72. The van der Waals surface area contributed by atoms with E-state index in [-0.39, 0.29) is 11.7 Å². The van der Waals surface area contributed by atoms with Crippen molar-refractivity contribution in [2.75, 3.05) is 37.6 Å². The van der Waals surface area contributed by atoms with Gasteiger partial charge in [-0.05, 0) is 60.5 Å². The van der Waals surface area contributed by atoms with Gasteiger partial charge in [0.05, 0.1) is 0 Å². The van der Waals surface area contributed by atoms with Gasteiger partial charge in [-0.15, -0.1) is 0 Å². The van der Waals surface area contributed by atoms with Gasteiger partial charge < -0.3 is 14.9 Å². The van der Waals surface area contributed by atoms with Gasteiger partial charge in [0.15, 0.2) is 0 Å². The molecule has 2 aliphatic rings. The van der Waals surface area contributed by atoms with Gasteiger partial charge in [-0.1, -0.05) is 42.0 Å². The SMILES string of the molecule is O=C(c1ccc(N2CC=Cc3ccccc32)cc1)N1CCCN(Cc2cc(Cl)ccc2O)CC1. The molecule has 1 amide bonds. The maximum atomic E-state index is 13.2. The van der Waals surface area contributed by atoms with Crippen molar-refractivity contribution in [3.05, 3.63) is 94.5 Å². The van der Waals surface area contributed by atoms with Crippen LogP contribution in [0.3, 0.4) is 0 Å². The fourth-order valence-corrected chi connectivity index (χ4v) is 4.92. The number of halogens is 1. The van der Waals surface area contributed by atoms with Crippen LogP contribution in [0.1, 0.15) is 27.9 Å². The van der Waals surface area contributed by atoms with Crippen molar-refractivity contribution in [3.8, 4) is 5.75 Å². The summed E-state index contributed by atoms with van der Waals surface area (Å²) in [7, 11) is 0. The zero-order chi connectivity index (χ0) is 23.5. The number of para-hydroxylation sites is 1. The lowest BCUT2D eigenvalue weighted by atomic mass is 10.1. The van der Waals surface area contributed by atoms with E-state index < -0.39 is 0 Å². The van der Waals surface area contributed by atoms with Crippen LogP contribution in [0.4, 0.5) is 11.4 Å². The number of amides is 1. The first-order valence-electron chi connectivity index (χ1n) is 11.7. The van der Waals surface area contributed by atoms with E-state index in [0.717, 1.165) is 43.9 Å². The monoisotopic (exact) mass is 473 g/mol. The topological polar surface area (TPSA) is 47.0 Å². The summed E-state index contributed by atoms with van der Waals surface area (Å²) < 4.78 is 0. The molecule has 174 valence electrons. The highest BCUT2D eigenvalue weighted by molar-refractivity contribution is 6.30. The lowest BCUT2D eigenvalue weighted by Crippen LogP contribution is -2.35. The molecule has 1 fully saturated rings. The molecule has 0 atom stereocenters. The molecular formula is C28H28ClN3O2. The standard InChI is InChI=1S/C28H28ClN3O2/c29-24-10-13-27(33)23(19-24)20-30-14-4-15-31(18-17-30)28(34)22-8-11-25(12-9-22)32-16-3-6-21-5-1-2-7-26(21)32/h1-3,5-13,19,33H,4,14-18,20H2. The number of phenols is 1. The number of carbonyl (C=O) groups is 1. The first kappa shape index (κ1) is 22.5. The maximum absolute atomic E-state index is 13.2. The van der Waals surface area contributed by atoms with Gasteiger partial charge in [0.25, 0.3) is 5.91 Å². The van der Waals surface area contributed by atoms with Crippen molar-refractivity contribution in [1.82, 2.24) is 9.80 Å². The number of nitrogens with zero attached hydrogens (tertiary/aromatic N) is 3. The zero-order valence-corrected chi connectivity index (χ0v) is 19.8. The van der Waals surface area contributed by atoms with Gasteiger partial charge in [-0.25, -0.2) is 0 Å². The predicted octanol–water partition coefficient (Wildman–Crippen LogP) is 5.56. The van der Waals surface area contributed by atoms with Crippen LogP contribution in [0.2, 0.25) is 5.02 Å². The largest absolute Gasteiger partial charge is 0.508 e. The number of benzene rings is 3. The molecule has 34 heavy (non-hydrogen) atoms. The van der Waals surface area contributed by atoms with E-state index in [4.69, 9.17) is 11.6 Å². The average molecular weight is 474 g/mol. The number of hydrogen-bond donors (Lipinski definition) is 1. The van der Waals surface area contributed by atoms with Gasteiger partial charge in [0, 0.05) is 66.8 Å². The minimum absolute atomic E-state index is 0.0675. The minimum Gasteiger partial charge on any atom is -0.508 e. The predicted molar refractivity (Wildman–Crippen MR) is 138 cm³/mol. The summed E-state index contributed by atoms with van der Waals surface area (Å²) in [6, 6.07) is 21.4. The van der Waals surface area contributed by atoms with Gasteiger partial charge in [0.2, 0.25) is 0 Å². The number of fused-ring (bicyclic) bond motifs is 1. The first-order valence-corrected chi connectivity index (χ1v) is 12.1. The van der Waals surface area contributed by atoms with Crippen LogP contribution in [0.25, 0.3) is 6.08 Å². The van der Waals surface area contributed by atoms with Gasteiger partial charge in [0.1, 0.15) is 5.75 Å². The Morgan fingerprint density at radius 3 is 2.62 bits per heavy atom. The van der Waals surface area contributed by atoms with E-state index in [1.807, 2.05) is 35.2 Å². The second-order valence-electron chi connectivity index (χ2n) is 8.81. The molecule has 0 saturated carbocycles. The quantitative estimate of drug-likeness (QED) is 0.539. The van der Waals surface area contributed by atoms with Crippen molar-refractivity contribution in [2.45, 2.75) is 13.0 Å². The zero-order valence-electron chi connectivity index (χ0n) is 19.0. The number of anilines is 2. The Hall–Kier alpha value is -3.28. The fraction of sp³-hybridized carbons (Fsp3) is 0.250. The van der Waals surface area contributed by atoms with E-state index in [1.165, 1.54) is 11.3 Å². The Balaban J connectivity index is 1.24. The molecule has 3 aromatic rings. The molecule has 5 rings (SSSR count). The Morgan fingerprint density at radius 2 is 1.76 bits per heavy atom. The van der Waals surface area contributed by atoms with Crippen molar-refractivity contribution in [2.24, 2.45) is 0 Å². The van der Waals surface area contributed by atoms with E-state index >= 15 is 0 Å². The average Bonchev–Trinajstić information content (AvgIpc) is 3.11. The lowest BCUT2D eigenvalue weighted by molar-refractivity contribution is 0.0761. The minimum atomic E-state index is 0.0675. The number of carbonyl (C=O) groups excluding carboxylic acids is 1. The molecule has 2 heterocycles. The molecule has 5 nitrogen and oxygen atoms in total. The van der Waals surface area contributed by atoms with Crippen molar-refractivity contribution >= 4 is 35.0 Å². The smallest absolute Gasteiger partial charge is 0.253 e. The summed E-state index contributed by atoms with van der Waals surface area (Å²) in [5, 5.41) is 10.8. The molecule has 3 aromatic carbocycles.